The molecule has 0 bridgehead atoms. The third-order valence-electron chi connectivity index (χ3n) is 4.45. The molecule has 0 atom stereocenters. The van der Waals surface area contributed by atoms with Gasteiger partial charge >= 0.3 is 0 Å². The zero-order valence-electron chi connectivity index (χ0n) is 15.9. The van der Waals surface area contributed by atoms with Crippen LogP contribution in [0, 0.1) is 0 Å². The summed E-state index contributed by atoms with van der Waals surface area (Å²) >= 11 is 18.1. The average molecular weight is 491 g/mol. The van der Waals surface area contributed by atoms with Gasteiger partial charge in [-0.2, -0.15) is 9.41 Å². The molecule has 0 radical (unpaired) electrons. The molecular formula is C19H18Cl3N3O4S. The van der Waals surface area contributed by atoms with Crippen LogP contribution in [0.5, 0.6) is 0 Å². The number of carbonyl (C=O) groups excluding carboxylic acids is 1. The summed E-state index contributed by atoms with van der Waals surface area (Å²) in [7, 11) is -3.71. The first kappa shape index (κ1) is 23.0. The Morgan fingerprint density at radius 3 is 2.50 bits per heavy atom. The third-order valence-corrected chi connectivity index (χ3v) is 7.64. The van der Waals surface area contributed by atoms with Crippen molar-refractivity contribution in [1.29, 1.82) is 0 Å². The summed E-state index contributed by atoms with van der Waals surface area (Å²) in [5.74, 6) is -0.565. The van der Waals surface area contributed by atoms with E-state index in [2.05, 4.69) is 10.5 Å². The molecule has 160 valence electrons. The molecule has 0 spiro atoms. The second kappa shape index (κ2) is 9.64. The lowest BCUT2D eigenvalue weighted by Crippen LogP contribution is -2.40. The van der Waals surface area contributed by atoms with E-state index in [1.165, 1.54) is 28.6 Å². The van der Waals surface area contributed by atoms with E-state index in [9.17, 15) is 13.2 Å². The number of morpholine rings is 1. The summed E-state index contributed by atoms with van der Waals surface area (Å²) in [6, 6.07) is 8.99. The molecule has 2 aromatic carbocycles. The Morgan fingerprint density at radius 2 is 1.80 bits per heavy atom. The van der Waals surface area contributed by atoms with E-state index in [0.29, 0.717) is 29.5 Å². The second-order valence-electron chi connectivity index (χ2n) is 6.41. The summed E-state index contributed by atoms with van der Waals surface area (Å²) in [6.07, 6.45) is 0. The van der Waals surface area contributed by atoms with Crippen molar-refractivity contribution in [3.63, 3.8) is 0 Å². The monoisotopic (exact) mass is 489 g/mol. The fourth-order valence-corrected chi connectivity index (χ4v) is 4.93. The van der Waals surface area contributed by atoms with Crippen molar-refractivity contribution in [3.05, 3.63) is 62.6 Å². The molecule has 1 fully saturated rings. The van der Waals surface area contributed by atoms with Crippen molar-refractivity contribution >= 4 is 56.4 Å². The Labute approximate surface area is 189 Å². The highest BCUT2D eigenvalue weighted by molar-refractivity contribution is 7.89. The van der Waals surface area contributed by atoms with Crippen molar-refractivity contribution in [2.45, 2.75) is 11.8 Å². The number of halogens is 3. The largest absolute Gasteiger partial charge is 0.379 e. The van der Waals surface area contributed by atoms with Crippen molar-refractivity contribution in [3.8, 4) is 0 Å². The van der Waals surface area contributed by atoms with Crippen LogP contribution >= 0.6 is 34.8 Å². The maximum absolute atomic E-state index is 12.8. The van der Waals surface area contributed by atoms with Crippen molar-refractivity contribution in [1.82, 2.24) is 9.73 Å². The number of nitrogens with one attached hydrogen (secondary N) is 1. The highest BCUT2D eigenvalue weighted by Crippen LogP contribution is 2.32. The lowest BCUT2D eigenvalue weighted by atomic mass is 10.1. The van der Waals surface area contributed by atoms with E-state index in [1.807, 2.05) is 0 Å². The van der Waals surface area contributed by atoms with Crippen molar-refractivity contribution < 1.29 is 17.9 Å². The number of benzene rings is 2. The van der Waals surface area contributed by atoms with Gasteiger partial charge in [-0.05, 0) is 31.2 Å². The molecule has 1 N–H and O–H groups in total. The number of nitrogens with zero attached hydrogens (tertiary/aromatic N) is 2. The minimum atomic E-state index is -3.71. The highest BCUT2D eigenvalue weighted by Gasteiger charge is 2.26. The standard InChI is InChI=1S/C19H18Cl3N3O4S/c1-12(15-5-6-16(20)18(22)17(15)21)23-24-19(26)13-3-2-4-14(11-13)30(27,28)25-7-9-29-10-8-25/h2-6,11H,7-10H2,1H3,(H,24,26)/b23-12+. The van der Waals surface area contributed by atoms with E-state index in [1.54, 1.807) is 19.1 Å². The molecule has 0 unspecified atom stereocenters. The van der Waals surface area contributed by atoms with Crippen molar-refractivity contribution in [2.24, 2.45) is 5.10 Å². The molecule has 0 aromatic heterocycles. The number of hydrogen-bond donors (Lipinski definition) is 1. The Kier molecular flexibility index (Phi) is 7.38. The zero-order valence-corrected chi connectivity index (χ0v) is 18.9. The van der Waals surface area contributed by atoms with Crippen LogP contribution in [-0.2, 0) is 14.8 Å². The van der Waals surface area contributed by atoms with Crippen LogP contribution in [0.1, 0.15) is 22.8 Å². The Hall–Kier alpha value is -1.68. The van der Waals surface area contributed by atoms with Crippen LogP contribution in [0.25, 0.3) is 0 Å². The lowest BCUT2D eigenvalue weighted by molar-refractivity contribution is 0.0730. The van der Waals surface area contributed by atoms with Gasteiger partial charge in [-0.1, -0.05) is 46.9 Å². The number of sulfonamides is 1. The van der Waals surface area contributed by atoms with E-state index < -0.39 is 15.9 Å². The van der Waals surface area contributed by atoms with Crippen LogP contribution in [0.2, 0.25) is 15.1 Å². The first-order chi connectivity index (χ1) is 14.2. The smallest absolute Gasteiger partial charge is 0.271 e. The average Bonchev–Trinajstić information content (AvgIpc) is 2.76. The number of hydrogen-bond acceptors (Lipinski definition) is 5. The number of amides is 1. The van der Waals surface area contributed by atoms with E-state index >= 15 is 0 Å². The SMILES string of the molecule is C/C(=N\NC(=O)c1cccc(S(=O)(=O)N2CCOCC2)c1)c1ccc(Cl)c(Cl)c1Cl. The minimum absolute atomic E-state index is 0.0327. The predicted octanol–water partition coefficient (Wildman–Crippen LogP) is 3.82. The van der Waals surface area contributed by atoms with Gasteiger partial charge in [-0.25, -0.2) is 13.8 Å². The lowest BCUT2D eigenvalue weighted by Gasteiger charge is -2.26. The topological polar surface area (TPSA) is 88.1 Å². The Morgan fingerprint density at radius 1 is 1.10 bits per heavy atom. The second-order valence-corrected chi connectivity index (χ2v) is 9.51. The van der Waals surface area contributed by atoms with Crippen LogP contribution in [0.4, 0.5) is 0 Å². The van der Waals surface area contributed by atoms with Gasteiger partial charge in [0.05, 0.1) is 38.9 Å². The summed E-state index contributed by atoms with van der Waals surface area (Å²) in [6.45, 7) is 2.86. The first-order valence-electron chi connectivity index (χ1n) is 8.88. The van der Waals surface area contributed by atoms with Gasteiger partial charge in [0.1, 0.15) is 0 Å². The molecule has 11 heteroatoms. The molecule has 2 aromatic rings. The minimum Gasteiger partial charge on any atom is -0.379 e. The van der Waals surface area contributed by atoms with Crippen LogP contribution in [0.15, 0.2) is 46.4 Å². The van der Waals surface area contributed by atoms with E-state index in [-0.39, 0.29) is 33.6 Å². The molecule has 7 nitrogen and oxygen atoms in total. The molecule has 0 aliphatic carbocycles. The van der Waals surface area contributed by atoms with Gasteiger partial charge in [-0.15, -0.1) is 0 Å². The molecule has 1 saturated heterocycles. The Bertz CT molecular complexity index is 1100. The number of rotatable bonds is 5. The molecule has 1 aliphatic heterocycles. The third kappa shape index (κ3) is 4.96. The molecular weight excluding hydrogens is 473 g/mol. The van der Waals surface area contributed by atoms with Gasteiger partial charge < -0.3 is 4.74 Å². The quantitative estimate of drug-likeness (QED) is 0.392. The first-order valence-corrected chi connectivity index (χ1v) is 11.5. The number of ether oxygens (including phenoxy) is 1. The van der Waals surface area contributed by atoms with Gasteiger partial charge in [0.2, 0.25) is 10.0 Å². The highest BCUT2D eigenvalue weighted by atomic mass is 35.5. The van der Waals surface area contributed by atoms with Crippen LogP contribution < -0.4 is 5.43 Å². The zero-order chi connectivity index (χ0) is 21.9. The van der Waals surface area contributed by atoms with Crippen molar-refractivity contribution in [2.75, 3.05) is 26.3 Å². The molecule has 1 amide bonds. The van der Waals surface area contributed by atoms with E-state index in [0.717, 1.165) is 0 Å². The van der Waals surface area contributed by atoms with Gasteiger partial charge in [0.15, 0.2) is 0 Å². The molecule has 0 saturated carbocycles. The molecule has 1 heterocycles. The maximum atomic E-state index is 12.8. The fourth-order valence-electron chi connectivity index (χ4n) is 2.80. The Balaban J connectivity index is 1.79. The van der Waals surface area contributed by atoms with Gasteiger partial charge in [0, 0.05) is 24.2 Å². The van der Waals surface area contributed by atoms with E-state index in [4.69, 9.17) is 39.5 Å². The summed E-state index contributed by atoms with van der Waals surface area (Å²) in [4.78, 5) is 12.5. The summed E-state index contributed by atoms with van der Waals surface area (Å²) < 4.78 is 32.1. The maximum Gasteiger partial charge on any atom is 0.271 e. The summed E-state index contributed by atoms with van der Waals surface area (Å²) in [5, 5.41) is 4.76. The molecule has 1 aliphatic rings. The van der Waals surface area contributed by atoms with Gasteiger partial charge in [0.25, 0.3) is 5.91 Å². The van der Waals surface area contributed by atoms with Crippen LogP contribution in [0.3, 0.4) is 0 Å². The van der Waals surface area contributed by atoms with Crippen LogP contribution in [-0.4, -0.2) is 50.6 Å². The fraction of sp³-hybridized carbons (Fsp3) is 0.263. The molecule has 3 rings (SSSR count). The number of carbonyl (C=O) groups is 1. The summed E-state index contributed by atoms with van der Waals surface area (Å²) in [5.41, 5.74) is 3.47. The van der Waals surface area contributed by atoms with Gasteiger partial charge in [-0.3, -0.25) is 4.79 Å². The normalized spacial score (nSPS) is 15.8. The predicted molar refractivity (Wildman–Crippen MR) is 117 cm³/mol. The molecule has 30 heavy (non-hydrogen) atoms. The number of hydrazone groups is 1.